The Morgan fingerprint density at radius 2 is 2.07 bits per heavy atom. The minimum atomic E-state index is -0.243. The Bertz CT molecular complexity index is 349. The van der Waals surface area contributed by atoms with Crippen LogP contribution in [0.15, 0.2) is 22.7 Å². The van der Waals surface area contributed by atoms with E-state index in [0.29, 0.717) is 0 Å². The van der Waals surface area contributed by atoms with Gasteiger partial charge in [-0.25, -0.2) is 0 Å². The van der Waals surface area contributed by atoms with E-state index in [1.165, 1.54) is 5.56 Å². The summed E-state index contributed by atoms with van der Waals surface area (Å²) in [6.45, 7) is 6.14. The van der Waals surface area contributed by atoms with E-state index in [4.69, 9.17) is 10.8 Å². The minimum Gasteiger partial charge on any atom is -0.395 e. The highest BCUT2D eigenvalue weighted by atomic mass is 79.9. The van der Waals surface area contributed by atoms with Crippen molar-refractivity contribution in [3.63, 3.8) is 0 Å². The minimum absolute atomic E-state index is 0.00149. The van der Waals surface area contributed by atoms with Crippen molar-refractivity contribution in [3.8, 4) is 0 Å². The number of aryl methyl sites for hydroxylation is 1. The predicted molar refractivity (Wildman–Crippen MR) is 67.0 cm³/mol. The molecule has 0 spiro atoms. The van der Waals surface area contributed by atoms with Gasteiger partial charge < -0.3 is 10.8 Å². The van der Waals surface area contributed by atoms with Crippen molar-refractivity contribution in [2.45, 2.75) is 32.2 Å². The van der Waals surface area contributed by atoms with E-state index in [-0.39, 0.29) is 18.1 Å². The third-order valence-corrected chi connectivity index (χ3v) is 3.89. The van der Waals surface area contributed by atoms with E-state index in [9.17, 15) is 0 Å². The van der Waals surface area contributed by atoms with Crippen LogP contribution in [0.1, 0.15) is 25.0 Å². The molecule has 0 aliphatic heterocycles. The molecule has 0 saturated heterocycles. The lowest BCUT2D eigenvalue weighted by Crippen LogP contribution is -2.43. The zero-order chi connectivity index (χ0) is 11.6. The molecule has 84 valence electrons. The van der Waals surface area contributed by atoms with Crippen LogP contribution in [0, 0.1) is 6.92 Å². The summed E-state index contributed by atoms with van der Waals surface area (Å²) in [5.74, 6) is 0. The first-order chi connectivity index (χ1) is 6.89. The second-order valence-electron chi connectivity index (χ2n) is 4.47. The summed E-state index contributed by atoms with van der Waals surface area (Å²) in [6.07, 6.45) is 0. The zero-order valence-corrected chi connectivity index (χ0v) is 11.0. The molecule has 3 heteroatoms. The molecule has 1 aromatic carbocycles. The second kappa shape index (κ2) is 4.64. The molecule has 1 aromatic rings. The molecule has 0 amide bonds. The second-order valence-corrected chi connectivity index (χ2v) is 5.33. The highest BCUT2D eigenvalue weighted by Crippen LogP contribution is 2.29. The Labute approximate surface area is 99.6 Å². The third kappa shape index (κ3) is 2.60. The average molecular weight is 272 g/mol. The van der Waals surface area contributed by atoms with Crippen molar-refractivity contribution in [2.24, 2.45) is 5.73 Å². The Kier molecular flexibility index (Phi) is 3.93. The Morgan fingerprint density at radius 1 is 1.47 bits per heavy atom. The fraction of sp³-hybridized carbons (Fsp3) is 0.500. The molecule has 15 heavy (non-hydrogen) atoms. The first kappa shape index (κ1) is 12.7. The molecular formula is C12H18BrNO. The fourth-order valence-corrected chi connectivity index (χ4v) is 1.81. The van der Waals surface area contributed by atoms with Crippen LogP contribution in [0.5, 0.6) is 0 Å². The molecule has 1 unspecified atom stereocenters. The lowest BCUT2D eigenvalue weighted by atomic mass is 9.78. The van der Waals surface area contributed by atoms with Crippen LogP contribution in [-0.2, 0) is 5.41 Å². The van der Waals surface area contributed by atoms with Crippen LogP contribution in [0.2, 0.25) is 0 Å². The van der Waals surface area contributed by atoms with Crippen LogP contribution in [0.25, 0.3) is 0 Å². The first-order valence-corrected chi connectivity index (χ1v) is 5.82. The molecule has 0 radical (unpaired) electrons. The van der Waals surface area contributed by atoms with Gasteiger partial charge in [0.2, 0.25) is 0 Å². The van der Waals surface area contributed by atoms with E-state index in [0.717, 1.165) is 10.0 Å². The summed E-state index contributed by atoms with van der Waals surface area (Å²) in [5.41, 5.74) is 8.03. The van der Waals surface area contributed by atoms with E-state index in [1.807, 2.05) is 20.8 Å². The molecule has 0 aromatic heterocycles. The van der Waals surface area contributed by atoms with Gasteiger partial charge in [-0.05, 0) is 24.1 Å². The van der Waals surface area contributed by atoms with Crippen LogP contribution in [-0.4, -0.2) is 17.8 Å². The van der Waals surface area contributed by atoms with Gasteiger partial charge in [0, 0.05) is 15.9 Å². The molecule has 0 aliphatic carbocycles. The number of rotatable bonds is 3. The van der Waals surface area contributed by atoms with Gasteiger partial charge >= 0.3 is 0 Å². The van der Waals surface area contributed by atoms with Gasteiger partial charge in [0.15, 0.2) is 0 Å². The number of aliphatic hydroxyl groups excluding tert-OH is 1. The Hall–Kier alpha value is -0.380. The summed E-state index contributed by atoms with van der Waals surface area (Å²) in [5, 5.41) is 9.12. The third-order valence-electron chi connectivity index (χ3n) is 3.04. The van der Waals surface area contributed by atoms with Crippen molar-refractivity contribution in [2.75, 3.05) is 6.61 Å². The maximum Gasteiger partial charge on any atom is 0.0591 e. The van der Waals surface area contributed by atoms with Gasteiger partial charge in [-0.3, -0.25) is 0 Å². The predicted octanol–water partition coefficient (Wildman–Crippen LogP) is 2.35. The van der Waals surface area contributed by atoms with Crippen LogP contribution >= 0.6 is 15.9 Å². The molecule has 3 N–H and O–H groups in total. The standard InChI is InChI=1S/C12H18BrNO/c1-8-4-5-9(6-10(8)13)12(2,3)11(14)7-15/h4-6,11,15H,7,14H2,1-3H3. The average Bonchev–Trinajstić information content (AvgIpc) is 2.20. The van der Waals surface area contributed by atoms with Crippen LogP contribution in [0.3, 0.4) is 0 Å². The summed E-state index contributed by atoms with van der Waals surface area (Å²) >= 11 is 3.51. The van der Waals surface area contributed by atoms with Crippen molar-refractivity contribution in [3.05, 3.63) is 33.8 Å². The summed E-state index contributed by atoms with van der Waals surface area (Å²) in [6, 6.07) is 5.96. The smallest absolute Gasteiger partial charge is 0.0591 e. The molecule has 0 bridgehead atoms. The number of halogens is 1. The molecular weight excluding hydrogens is 254 g/mol. The molecule has 0 saturated carbocycles. The van der Waals surface area contributed by atoms with Crippen molar-refractivity contribution >= 4 is 15.9 Å². The number of hydrogen-bond donors (Lipinski definition) is 2. The molecule has 0 aliphatic rings. The van der Waals surface area contributed by atoms with Gasteiger partial charge in [-0.2, -0.15) is 0 Å². The quantitative estimate of drug-likeness (QED) is 0.887. The maximum absolute atomic E-state index is 9.12. The van der Waals surface area contributed by atoms with Gasteiger partial charge in [-0.15, -0.1) is 0 Å². The normalized spacial score (nSPS) is 14.0. The monoisotopic (exact) mass is 271 g/mol. The topological polar surface area (TPSA) is 46.2 Å². The number of aliphatic hydroxyl groups is 1. The maximum atomic E-state index is 9.12. The lowest BCUT2D eigenvalue weighted by Gasteiger charge is -2.31. The van der Waals surface area contributed by atoms with Crippen molar-refractivity contribution in [1.82, 2.24) is 0 Å². The van der Waals surface area contributed by atoms with Gasteiger partial charge in [-0.1, -0.05) is 41.9 Å². The van der Waals surface area contributed by atoms with Crippen LogP contribution < -0.4 is 5.73 Å². The zero-order valence-electron chi connectivity index (χ0n) is 9.42. The van der Waals surface area contributed by atoms with E-state index < -0.39 is 0 Å². The van der Waals surface area contributed by atoms with Gasteiger partial charge in [0.05, 0.1) is 6.61 Å². The first-order valence-electron chi connectivity index (χ1n) is 5.02. The Balaban J connectivity index is 3.10. The van der Waals surface area contributed by atoms with E-state index in [1.54, 1.807) is 0 Å². The highest BCUT2D eigenvalue weighted by Gasteiger charge is 2.28. The molecule has 1 atom stereocenters. The van der Waals surface area contributed by atoms with E-state index >= 15 is 0 Å². The SMILES string of the molecule is Cc1ccc(C(C)(C)C(N)CO)cc1Br. The largest absolute Gasteiger partial charge is 0.395 e. The van der Waals surface area contributed by atoms with Crippen LogP contribution in [0.4, 0.5) is 0 Å². The van der Waals surface area contributed by atoms with Crippen molar-refractivity contribution < 1.29 is 5.11 Å². The summed E-state index contributed by atoms with van der Waals surface area (Å²) in [7, 11) is 0. The summed E-state index contributed by atoms with van der Waals surface area (Å²) in [4.78, 5) is 0. The fourth-order valence-electron chi connectivity index (χ4n) is 1.44. The number of hydrogen-bond acceptors (Lipinski definition) is 2. The highest BCUT2D eigenvalue weighted by molar-refractivity contribution is 9.10. The molecule has 1 rings (SSSR count). The Morgan fingerprint density at radius 3 is 2.53 bits per heavy atom. The molecule has 2 nitrogen and oxygen atoms in total. The van der Waals surface area contributed by atoms with Gasteiger partial charge in [0.1, 0.15) is 0 Å². The van der Waals surface area contributed by atoms with Crippen molar-refractivity contribution in [1.29, 1.82) is 0 Å². The molecule has 0 fully saturated rings. The lowest BCUT2D eigenvalue weighted by molar-refractivity contribution is 0.220. The van der Waals surface area contributed by atoms with E-state index in [2.05, 4.69) is 34.1 Å². The number of nitrogens with two attached hydrogens (primary N) is 1. The molecule has 0 heterocycles. The number of benzene rings is 1. The summed E-state index contributed by atoms with van der Waals surface area (Å²) < 4.78 is 1.08. The van der Waals surface area contributed by atoms with Gasteiger partial charge in [0.25, 0.3) is 0 Å².